The number of benzene rings is 2. The topological polar surface area (TPSA) is 44.8 Å². The smallest absolute Gasteiger partial charge is 0.234 e. The van der Waals surface area contributed by atoms with Crippen molar-refractivity contribution in [2.75, 3.05) is 44.7 Å². The lowest BCUT2D eigenvalue weighted by Crippen LogP contribution is -2.49. The second-order valence-electron chi connectivity index (χ2n) is 7.32. The highest BCUT2D eigenvalue weighted by Gasteiger charge is 2.21. The van der Waals surface area contributed by atoms with Gasteiger partial charge >= 0.3 is 0 Å². The largest absolute Gasteiger partial charge is 0.495 e. The molecule has 1 aliphatic heterocycles. The number of methoxy groups -OCH3 is 1. The number of piperazine rings is 1. The fraction of sp³-hybridized carbons (Fsp3) is 0.435. The number of hydrogen-bond acceptors (Lipinski definition) is 4. The average molecular weight is 382 g/mol. The Hall–Kier alpha value is -2.53. The quantitative estimate of drug-likeness (QED) is 0.800. The first-order valence-electron chi connectivity index (χ1n) is 10.1. The van der Waals surface area contributed by atoms with Gasteiger partial charge in [-0.2, -0.15) is 0 Å². The molecule has 0 bridgehead atoms. The summed E-state index contributed by atoms with van der Waals surface area (Å²) in [6.07, 6.45) is 1.03. The lowest BCUT2D eigenvalue weighted by atomic mass is 10.0. The molecule has 0 aliphatic carbocycles. The Balaban J connectivity index is 1.48. The number of carbonyl (C=O) groups excluding carboxylic acids is 1. The Morgan fingerprint density at radius 3 is 2.39 bits per heavy atom. The van der Waals surface area contributed by atoms with Gasteiger partial charge in [0.05, 0.1) is 25.4 Å². The van der Waals surface area contributed by atoms with Crippen molar-refractivity contribution in [3.05, 3.63) is 59.7 Å². The van der Waals surface area contributed by atoms with Gasteiger partial charge < -0.3 is 15.0 Å². The van der Waals surface area contributed by atoms with Crippen molar-refractivity contribution in [3.8, 4) is 5.75 Å². The Labute approximate surface area is 168 Å². The van der Waals surface area contributed by atoms with Crippen molar-refractivity contribution < 1.29 is 9.53 Å². The second kappa shape index (κ2) is 9.60. The van der Waals surface area contributed by atoms with Gasteiger partial charge in [0.25, 0.3) is 0 Å². The molecule has 3 rings (SSSR count). The molecule has 1 heterocycles. The number of carbonyl (C=O) groups is 1. The molecule has 5 heteroatoms. The van der Waals surface area contributed by atoms with Crippen LogP contribution in [0.25, 0.3) is 0 Å². The van der Waals surface area contributed by atoms with Crippen molar-refractivity contribution in [2.24, 2.45) is 0 Å². The van der Waals surface area contributed by atoms with Crippen LogP contribution in [0.5, 0.6) is 5.75 Å². The first-order chi connectivity index (χ1) is 13.6. The zero-order valence-corrected chi connectivity index (χ0v) is 17.1. The lowest BCUT2D eigenvalue weighted by Gasteiger charge is -2.36. The molecule has 1 fully saturated rings. The normalized spacial score (nSPS) is 15.9. The summed E-state index contributed by atoms with van der Waals surface area (Å²) in [5, 5.41) is 3.13. The standard InChI is InChI=1S/C23H31N3O2/c1-4-19-9-11-20(12-10-19)18(2)24-23(27)17-25-13-15-26(16-14-25)21-7-5-6-8-22(21)28-3/h5-12,18H,4,13-17H2,1-3H3,(H,24,27)/t18-/m1/s1. The third kappa shape index (κ3) is 5.04. The minimum absolute atomic E-state index is 0.0216. The Morgan fingerprint density at radius 1 is 1.07 bits per heavy atom. The van der Waals surface area contributed by atoms with Crippen LogP contribution in [0.3, 0.4) is 0 Å². The van der Waals surface area contributed by atoms with Gasteiger partial charge in [0.15, 0.2) is 0 Å². The molecule has 0 spiro atoms. The van der Waals surface area contributed by atoms with Crippen molar-refractivity contribution in [1.29, 1.82) is 0 Å². The number of ether oxygens (including phenoxy) is 1. The molecular formula is C23H31N3O2. The van der Waals surface area contributed by atoms with E-state index < -0.39 is 0 Å². The van der Waals surface area contributed by atoms with Crippen LogP contribution in [-0.2, 0) is 11.2 Å². The maximum absolute atomic E-state index is 12.5. The van der Waals surface area contributed by atoms with Gasteiger partial charge in [-0.1, -0.05) is 43.3 Å². The van der Waals surface area contributed by atoms with Crippen LogP contribution in [0.15, 0.2) is 48.5 Å². The molecule has 5 nitrogen and oxygen atoms in total. The van der Waals surface area contributed by atoms with Crippen LogP contribution in [0, 0.1) is 0 Å². The zero-order valence-electron chi connectivity index (χ0n) is 17.1. The SMILES string of the molecule is CCc1ccc([C@@H](C)NC(=O)CN2CCN(c3ccccc3OC)CC2)cc1. The van der Waals surface area contributed by atoms with Crippen LogP contribution in [0.1, 0.15) is 31.0 Å². The predicted octanol–water partition coefficient (Wildman–Crippen LogP) is 3.26. The average Bonchev–Trinajstić information content (AvgIpc) is 2.74. The summed E-state index contributed by atoms with van der Waals surface area (Å²) in [6, 6.07) is 16.6. The van der Waals surface area contributed by atoms with Gasteiger partial charge in [-0.25, -0.2) is 0 Å². The second-order valence-corrected chi connectivity index (χ2v) is 7.32. The van der Waals surface area contributed by atoms with Crippen molar-refractivity contribution in [3.63, 3.8) is 0 Å². The summed E-state index contributed by atoms with van der Waals surface area (Å²) in [5.41, 5.74) is 3.58. The van der Waals surface area contributed by atoms with E-state index in [9.17, 15) is 4.79 Å². The molecule has 1 atom stereocenters. The Kier molecular flexibility index (Phi) is 6.93. The fourth-order valence-corrected chi connectivity index (χ4v) is 3.65. The first kappa shape index (κ1) is 20.2. The number of anilines is 1. The molecule has 2 aromatic rings. The van der Waals surface area contributed by atoms with Gasteiger partial charge in [-0.05, 0) is 36.6 Å². The summed E-state index contributed by atoms with van der Waals surface area (Å²) in [6.45, 7) is 8.14. The van der Waals surface area contributed by atoms with E-state index >= 15 is 0 Å². The van der Waals surface area contributed by atoms with E-state index in [1.807, 2.05) is 25.1 Å². The predicted molar refractivity (Wildman–Crippen MR) is 114 cm³/mol. The molecule has 1 aliphatic rings. The fourth-order valence-electron chi connectivity index (χ4n) is 3.65. The molecule has 28 heavy (non-hydrogen) atoms. The molecule has 1 saturated heterocycles. The number of aryl methyl sites for hydroxylation is 1. The summed E-state index contributed by atoms with van der Waals surface area (Å²) >= 11 is 0. The zero-order chi connectivity index (χ0) is 19.9. The summed E-state index contributed by atoms with van der Waals surface area (Å²) < 4.78 is 5.47. The molecule has 0 aromatic heterocycles. The molecule has 1 N–H and O–H groups in total. The van der Waals surface area contributed by atoms with Crippen molar-refractivity contribution in [1.82, 2.24) is 10.2 Å². The molecular weight excluding hydrogens is 350 g/mol. The molecule has 0 unspecified atom stereocenters. The van der Waals surface area contributed by atoms with Crippen LogP contribution >= 0.6 is 0 Å². The van der Waals surface area contributed by atoms with E-state index in [0.717, 1.165) is 49.6 Å². The highest BCUT2D eigenvalue weighted by atomic mass is 16.5. The van der Waals surface area contributed by atoms with E-state index in [-0.39, 0.29) is 11.9 Å². The minimum atomic E-state index is 0.0216. The molecule has 0 radical (unpaired) electrons. The molecule has 1 amide bonds. The van der Waals surface area contributed by atoms with Crippen LogP contribution in [0.4, 0.5) is 5.69 Å². The first-order valence-corrected chi connectivity index (χ1v) is 10.1. The van der Waals surface area contributed by atoms with Gasteiger partial charge in [0, 0.05) is 26.2 Å². The summed E-state index contributed by atoms with van der Waals surface area (Å²) in [7, 11) is 1.70. The van der Waals surface area contributed by atoms with E-state index in [0.29, 0.717) is 6.54 Å². The molecule has 150 valence electrons. The minimum Gasteiger partial charge on any atom is -0.495 e. The van der Waals surface area contributed by atoms with Crippen molar-refractivity contribution in [2.45, 2.75) is 26.3 Å². The monoisotopic (exact) mass is 381 g/mol. The molecule has 2 aromatic carbocycles. The number of nitrogens with zero attached hydrogens (tertiary/aromatic N) is 2. The van der Waals surface area contributed by atoms with E-state index in [1.54, 1.807) is 7.11 Å². The van der Waals surface area contributed by atoms with E-state index in [2.05, 4.69) is 52.4 Å². The number of nitrogens with one attached hydrogen (secondary N) is 1. The van der Waals surface area contributed by atoms with Crippen molar-refractivity contribution >= 4 is 11.6 Å². The van der Waals surface area contributed by atoms with Gasteiger partial charge in [-0.15, -0.1) is 0 Å². The van der Waals surface area contributed by atoms with Crippen LogP contribution in [0.2, 0.25) is 0 Å². The maximum Gasteiger partial charge on any atom is 0.234 e. The van der Waals surface area contributed by atoms with Gasteiger partial charge in [-0.3, -0.25) is 9.69 Å². The lowest BCUT2D eigenvalue weighted by molar-refractivity contribution is -0.123. The molecule has 0 saturated carbocycles. The highest BCUT2D eigenvalue weighted by molar-refractivity contribution is 5.78. The van der Waals surface area contributed by atoms with E-state index in [4.69, 9.17) is 4.74 Å². The number of amides is 1. The van der Waals surface area contributed by atoms with Gasteiger partial charge in [0.1, 0.15) is 5.75 Å². The van der Waals surface area contributed by atoms with Crippen LogP contribution < -0.4 is 15.0 Å². The number of rotatable bonds is 7. The summed E-state index contributed by atoms with van der Waals surface area (Å²) in [4.78, 5) is 17.0. The third-order valence-electron chi connectivity index (χ3n) is 5.43. The van der Waals surface area contributed by atoms with Gasteiger partial charge in [0.2, 0.25) is 5.91 Å². The third-order valence-corrected chi connectivity index (χ3v) is 5.43. The maximum atomic E-state index is 12.5. The van der Waals surface area contributed by atoms with Crippen LogP contribution in [-0.4, -0.2) is 50.6 Å². The Morgan fingerprint density at radius 2 is 1.75 bits per heavy atom. The number of hydrogen-bond donors (Lipinski definition) is 1. The van der Waals surface area contributed by atoms with E-state index in [1.165, 1.54) is 5.56 Å². The summed E-state index contributed by atoms with van der Waals surface area (Å²) in [5.74, 6) is 0.981. The number of para-hydroxylation sites is 2. The Bertz CT molecular complexity index is 768. The highest BCUT2D eigenvalue weighted by Crippen LogP contribution is 2.28.